The second-order valence-electron chi connectivity index (χ2n) is 6.14. The minimum absolute atomic E-state index is 0.0794. The number of thioether (sulfide) groups is 1. The highest BCUT2D eigenvalue weighted by Crippen LogP contribution is 2.26. The number of rotatable bonds is 9. The molecule has 2 N–H and O–H groups in total. The second kappa shape index (κ2) is 10.2. The van der Waals surface area contributed by atoms with E-state index in [-0.39, 0.29) is 17.5 Å². The SMILES string of the molecule is CCCc1ccc(NC(=O)CSc2nnc(NCc3ccc(F)cc3)s2)cc1. The maximum atomic E-state index is 12.9. The van der Waals surface area contributed by atoms with Crippen LogP contribution in [0.5, 0.6) is 0 Å². The standard InChI is InChI=1S/C20H21FN4OS2/c1-2-3-14-6-10-17(11-7-14)23-18(26)13-27-20-25-24-19(28-20)22-12-15-4-8-16(21)9-5-15/h4-11H,2-3,12-13H2,1H3,(H,22,24)(H,23,26). The van der Waals surface area contributed by atoms with E-state index in [9.17, 15) is 9.18 Å². The molecule has 1 aromatic heterocycles. The lowest BCUT2D eigenvalue weighted by molar-refractivity contribution is -0.113. The molecule has 0 saturated heterocycles. The predicted molar refractivity (Wildman–Crippen MR) is 113 cm³/mol. The van der Waals surface area contributed by atoms with Gasteiger partial charge in [-0.05, 0) is 41.8 Å². The normalized spacial score (nSPS) is 10.6. The van der Waals surface area contributed by atoms with E-state index in [1.807, 2.05) is 24.3 Å². The van der Waals surface area contributed by atoms with Gasteiger partial charge in [-0.15, -0.1) is 10.2 Å². The van der Waals surface area contributed by atoms with Crippen LogP contribution in [0.2, 0.25) is 0 Å². The van der Waals surface area contributed by atoms with E-state index in [1.165, 1.54) is 40.8 Å². The Labute approximate surface area is 171 Å². The van der Waals surface area contributed by atoms with Crippen LogP contribution in [0.3, 0.4) is 0 Å². The van der Waals surface area contributed by atoms with E-state index in [0.29, 0.717) is 11.7 Å². The van der Waals surface area contributed by atoms with Crippen molar-refractivity contribution in [2.45, 2.75) is 30.6 Å². The van der Waals surface area contributed by atoms with Crippen LogP contribution in [0, 0.1) is 5.82 Å². The Kier molecular flexibility index (Phi) is 7.39. The number of anilines is 2. The number of carbonyl (C=O) groups is 1. The van der Waals surface area contributed by atoms with Gasteiger partial charge in [0.15, 0.2) is 4.34 Å². The van der Waals surface area contributed by atoms with E-state index in [2.05, 4.69) is 27.8 Å². The Morgan fingerprint density at radius 1 is 1.07 bits per heavy atom. The molecule has 0 saturated carbocycles. The van der Waals surface area contributed by atoms with Crippen molar-refractivity contribution in [2.75, 3.05) is 16.4 Å². The lowest BCUT2D eigenvalue weighted by atomic mass is 10.1. The number of hydrogen-bond acceptors (Lipinski definition) is 6. The largest absolute Gasteiger partial charge is 0.356 e. The number of amides is 1. The number of aromatic nitrogens is 2. The highest BCUT2D eigenvalue weighted by atomic mass is 32.2. The number of halogens is 1. The van der Waals surface area contributed by atoms with Gasteiger partial charge in [-0.3, -0.25) is 4.79 Å². The van der Waals surface area contributed by atoms with E-state index >= 15 is 0 Å². The maximum Gasteiger partial charge on any atom is 0.234 e. The van der Waals surface area contributed by atoms with Gasteiger partial charge in [-0.1, -0.05) is 60.7 Å². The summed E-state index contributed by atoms with van der Waals surface area (Å²) in [6.07, 6.45) is 2.14. The molecule has 0 unspecified atom stereocenters. The summed E-state index contributed by atoms with van der Waals surface area (Å²) in [6.45, 7) is 2.68. The highest BCUT2D eigenvalue weighted by molar-refractivity contribution is 8.01. The van der Waals surface area contributed by atoms with Gasteiger partial charge in [-0.25, -0.2) is 4.39 Å². The molecule has 0 spiro atoms. The summed E-state index contributed by atoms with van der Waals surface area (Å²) < 4.78 is 13.6. The molecule has 0 aliphatic heterocycles. The van der Waals surface area contributed by atoms with Crippen LogP contribution >= 0.6 is 23.1 Å². The third-order valence-corrected chi connectivity index (χ3v) is 5.88. The smallest absolute Gasteiger partial charge is 0.234 e. The molecule has 5 nitrogen and oxygen atoms in total. The molecule has 1 heterocycles. The van der Waals surface area contributed by atoms with Gasteiger partial charge in [-0.2, -0.15) is 0 Å². The van der Waals surface area contributed by atoms with Crippen LogP contribution in [0.25, 0.3) is 0 Å². The number of benzene rings is 2. The van der Waals surface area contributed by atoms with Crippen LogP contribution in [0.15, 0.2) is 52.9 Å². The average molecular weight is 417 g/mol. The predicted octanol–water partition coefficient (Wildman–Crippen LogP) is 4.97. The lowest BCUT2D eigenvalue weighted by Gasteiger charge is -2.05. The highest BCUT2D eigenvalue weighted by Gasteiger charge is 2.09. The third-order valence-electron chi connectivity index (χ3n) is 3.87. The number of hydrogen-bond donors (Lipinski definition) is 2. The summed E-state index contributed by atoms with van der Waals surface area (Å²) >= 11 is 2.73. The molecule has 8 heteroatoms. The van der Waals surface area contributed by atoms with Crippen LogP contribution in [0.1, 0.15) is 24.5 Å². The van der Waals surface area contributed by atoms with Gasteiger partial charge in [0, 0.05) is 12.2 Å². The van der Waals surface area contributed by atoms with E-state index in [4.69, 9.17) is 0 Å². The molecule has 3 aromatic rings. The maximum absolute atomic E-state index is 12.9. The van der Waals surface area contributed by atoms with Crippen molar-refractivity contribution in [2.24, 2.45) is 0 Å². The Balaban J connectivity index is 1.43. The van der Waals surface area contributed by atoms with Crippen LogP contribution in [0.4, 0.5) is 15.2 Å². The van der Waals surface area contributed by atoms with Crippen molar-refractivity contribution >= 4 is 39.8 Å². The Bertz CT molecular complexity index is 897. The fraction of sp³-hybridized carbons (Fsp3) is 0.250. The molecule has 0 aliphatic rings. The summed E-state index contributed by atoms with van der Waals surface area (Å²) in [5, 5.41) is 14.9. The molecule has 1 amide bonds. The van der Waals surface area contributed by atoms with Crippen LogP contribution in [-0.4, -0.2) is 21.9 Å². The van der Waals surface area contributed by atoms with Crippen LogP contribution < -0.4 is 10.6 Å². The van der Waals surface area contributed by atoms with Crippen molar-refractivity contribution in [3.63, 3.8) is 0 Å². The van der Waals surface area contributed by atoms with Crippen molar-refractivity contribution in [1.29, 1.82) is 0 Å². The average Bonchev–Trinajstić information content (AvgIpc) is 3.16. The number of nitrogens with one attached hydrogen (secondary N) is 2. The van der Waals surface area contributed by atoms with Gasteiger partial charge in [0.2, 0.25) is 11.0 Å². The Morgan fingerprint density at radius 3 is 2.50 bits per heavy atom. The number of carbonyl (C=O) groups excluding carboxylic acids is 1. The third kappa shape index (κ3) is 6.31. The van der Waals surface area contributed by atoms with Gasteiger partial charge < -0.3 is 10.6 Å². The fourth-order valence-corrected chi connectivity index (χ4v) is 4.03. The van der Waals surface area contributed by atoms with Crippen molar-refractivity contribution < 1.29 is 9.18 Å². The first kappa shape index (κ1) is 20.3. The zero-order chi connectivity index (χ0) is 19.8. The van der Waals surface area contributed by atoms with Crippen molar-refractivity contribution in [3.8, 4) is 0 Å². The molecule has 0 fully saturated rings. The number of aryl methyl sites for hydroxylation is 1. The molecule has 0 aliphatic carbocycles. The Hall–Kier alpha value is -2.45. The van der Waals surface area contributed by atoms with Gasteiger partial charge in [0.1, 0.15) is 5.82 Å². The monoisotopic (exact) mass is 416 g/mol. The van der Waals surface area contributed by atoms with Gasteiger partial charge in [0.25, 0.3) is 0 Å². The molecule has 3 rings (SSSR count). The van der Waals surface area contributed by atoms with E-state index in [0.717, 1.165) is 28.4 Å². The van der Waals surface area contributed by atoms with Gasteiger partial charge >= 0.3 is 0 Å². The van der Waals surface area contributed by atoms with Crippen molar-refractivity contribution in [1.82, 2.24) is 10.2 Å². The molecular weight excluding hydrogens is 395 g/mol. The molecule has 146 valence electrons. The molecule has 0 atom stereocenters. The molecule has 28 heavy (non-hydrogen) atoms. The van der Waals surface area contributed by atoms with E-state index in [1.54, 1.807) is 12.1 Å². The Morgan fingerprint density at radius 2 is 1.79 bits per heavy atom. The minimum atomic E-state index is -0.256. The fourth-order valence-electron chi connectivity index (χ4n) is 2.49. The van der Waals surface area contributed by atoms with Crippen molar-refractivity contribution in [3.05, 3.63) is 65.5 Å². The second-order valence-corrected chi connectivity index (χ2v) is 8.34. The first-order valence-electron chi connectivity index (χ1n) is 8.96. The van der Waals surface area contributed by atoms with E-state index < -0.39 is 0 Å². The molecule has 2 aromatic carbocycles. The molecule has 0 radical (unpaired) electrons. The van der Waals surface area contributed by atoms with Crippen LogP contribution in [-0.2, 0) is 17.8 Å². The quantitative estimate of drug-likeness (QED) is 0.482. The zero-order valence-electron chi connectivity index (χ0n) is 15.4. The first-order chi connectivity index (χ1) is 13.6. The summed E-state index contributed by atoms with van der Waals surface area (Å²) in [4.78, 5) is 12.1. The lowest BCUT2D eigenvalue weighted by Crippen LogP contribution is -2.13. The first-order valence-corrected chi connectivity index (χ1v) is 10.8. The number of nitrogens with zero attached hydrogens (tertiary/aromatic N) is 2. The summed E-state index contributed by atoms with van der Waals surface area (Å²) in [6, 6.07) is 14.2. The summed E-state index contributed by atoms with van der Waals surface area (Å²) in [7, 11) is 0. The zero-order valence-corrected chi connectivity index (χ0v) is 17.1. The molecule has 0 bridgehead atoms. The summed E-state index contributed by atoms with van der Waals surface area (Å²) in [5.41, 5.74) is 3.02. The minimum Gasteiger partial charge on any atom is -0.356 e. The summed E-state index contributed by atoms with van der Waals surface area (Å²) in [5.74, 6) is -0.0682. The topological polar surface area (TPSA) is 66.9 Å². The molecular formula is C20H21FN4OS2. The van der Waals surface area contributed by atoms with Gasteiger partial charge in [0.05, 0.1) is 5.75 Å².